The van der Waals surface area contributed by atoms with E-state index in [4.69, 9.17) is 9.72 Å². The smallest absolute Gasteiger partial charge is 0.260 e. The Balaban J connectivity index is 1.59. The van der Waals surface area contributed by atoms with Crippen molar-refractivity contribution in [1.29, 1.82) is 0 Å². The number of rotatable bonds is 4. The Kier molecular flexibility index (Phi) is 5.08. The van der Waals surface area contributed by atoms with Gasteiger partial charge in [-0.2, -0.15) is 0 Å². The molecule has 1 unspecified atom stereocenters. The number of nitrogens with zero attached hydrogens (tertiary/aromatic N) is 2. The van der Waals surface area contributed by atoms with Crippen molar-refractivity contribution < 1.29 is 9.53 Å². The van der Waals surface area contributed by atoms with Crippen LogP contribution in [0, 0.1) is 0 Å². The minimum Gasteiger partial charge on any atom is -0.376 e. The molecule has 1 amide bonds. The Morgan fingerprint density at radius 2 is 2.03 bits per heavy atom. The maximum Gasteiger partial charge on any atom is 0.260 e. The molecule has 4 nitrogen and oxygen atoms in total. The number of aromatic nitrogens is 1. The van der Waals surface area contributed by atoms with Gasteiger partial charge in [0.25, 0.3) is 5.91 Å². The number of halogens is 1. The maximum absolute atomic E-state index is 13.7. The Bertz CT molecular complexity index is 1190. The van der Waals surface area contributed by atoms with Gasteiger partial charge in [0.15, 0.2) is 5.13 Å². The fourth-order valence-electron chi connectivity index (χ4n) is 3.80. The average Bonchev–Trinajstić information content (AvgIpc) is 3.40. The standard InChI is InChI=1S/C23H19BrN2O2S/c24-16-10-11-20-21(13-16)29-23(25-20)26(14-17-7-4-12-28-17)22(27)19-9-3-6-15-5-1-2-8-18(15)19/h1-3,5-6,8-11,13,17H,4,7,12,14H2. The zero-order valence-electron chi connectivity index (χ0n) is 15.7. The third-order valence-corrected chi connectivity index (χ3v) is 6.78. The van der Waals surface area contributed by atoms with Crippen molar-refractivity contribution in [3.8, 4) is 0 Å². The van der Waals surface area contributed by atoms with E-state index in [9.17, 15) is 4.79 Å². The molecule has 4 aromatic rings. The predicted octanol–water partition coefficient (Wildman–Crippen LogP) is 6.04. The van der Waals surface area contributed by atoms with E-state index in [1.807, 2.05) is 60.7 Å². The largest absolute Gasteiger partial charge is 0.376 e. The van der Waals surface area contributed by atoms with E-state index in [1.54, 1.807) is 4.90 Å². The second-order valence-electron chi connectivity index (χ2n) is 7.19. The summed E-state index contributed by atoms with van der Waals surface area (Å²) in [4.78, 5) is 20.3. The molecule has 0 radical (unpaired) electrons. The van der Waals surface area contributed by atoms with Gasteiger partial charge in [-0.15, -0.1) is 0 Å². The molecule has 0 aliphatic carbocycles. The van der Waals surface area contributed by atoms with Gasteiger partial charge in [0, 0.05) is 16.6 Å². The third kappa shape index (κ3) is 3.68. The zero-order chi connectivity index (χ0) is 19.8. The number of hydrogen-bond donors (Lipinski definition) is 0. The van der Waals surface area contributed by atoms with Crippen LogP contribution in [0.3, 0.4) is 0 Å². The van der Waals surface area contributed by atoms with Gasteiger partial charge in [-0.3, -0.25) is 9.69 Å². The van der Waals surface area contributed by atoms with Crippen LogP contribution in [0.2, 0.25) is 0 Å². The average molecular weight is 467 g/mol. The Morgan fingerprint density at radius 1 is 1.17 bits per heavy atom. The summed E-state index contributed by atoms with van der Waals surface area (Å²) in [6, 6.07) is 19.9. The maximum atomic E-state index is 13.7. The number of hydrogen-bond acceptors (Lipinski definition) is 4. The second kappa shape index (κ2) is 7.86. The highest BCUT2D eigenvalue weighted by molar-refractivity contribution is 9.10. The van der Waals surface area contributed by atoms with Crippen molar-refractivity contribution in [2.45, 2.75) is 18.9 Å². The summed E-state index contributed by atoms with van der Waals surface area (Å²) in [6.45, 7) is 1.27. The SMILES string of the molecule is O=C(c1cccc2ccccc12)N(CC1CCCO1)c1nc2ccc(Br)cc2s1. The van der Waals surface area contributed by atoms with Crippen LogP contribution >= 0.6 is 27.3 Å². The molecule has 0 saturated carbocycles. The number of ether oxygens (including phenoxy) is 1. The van der Waals surface area contributed by atoms with Crippen molar-refractivity contribution in [1.82, 2.24) is 4.98 Å². The lowest BCUT2D eigenvalue weighted by Gasteiger charge is -2.23. The van der Waals surface area contributed by atoms with Crippen LogP contribution in [0.1, 0.15) is 23.2 Å². The van der Waals surface area contributed by atoms with Crippen LogP contribution in [0.15, 0.2) is 65.1 Å². The van der Waals surface area contributed by atoms with Crippen LogP contribution in [-0.4, -0.2) is 30.1 Å². The van der Waals surface area contributed by atoms with E-state index in [-0.39, 0.29) is 12.0 Å². The molecule has 5 rings (SSSR count). The first-order valence-corrected chi connectivity index (χ1v) is 11.3. The molecule has 29 heavy (non-hydrogen) atoms. The first-order chi connectivity index (χ1) is 14.2. The molecule has 1 aliphatic rings. The Labute approximate surface area is 181 Å². The second-order valence-corrected chi connectivity index (χ2v) is 9.11. The quantitative estimate of drug-likeness (QED) is 0.368. The van der Waals surface area contributed by atoms with E-state index in [0.717, 1.165) is 44.9 Å². The van der Waals surface area contributed by atoms with Gasteiger partial charge in [0.1, 0.15) is 0 Å². The van der Waals surface area contributed by atoms with Crippen molar-refractivity contribution in [2.75, 3.05) is 18.1 Å². The van der Waals surface area contributed by atoms with E-state index in [0.29, 0.717) is 17.2 Å². The number of benzene rings is 3. The molecule has 3 aromatic carbocycles. The monoisotopic (exact) mass is 466 g/mol. The molecular weight excluding hydrogens is 448 g/mol. The van der Waals surface area contributed by atoms with Gasteiger partial charge in [-0.1, -0.05) is 63.7 Å². The molecule has 146 valence electrons. The molecule has 1 atom stereocenters. The van der Waals surface area contributed by atoms with Crippen LogP contribution in [0.25, 0.3) is 21.0 Å². The summed E-state index contributed by atoms with van der Waals surface area (Å²) in [5.41, 5.74) is 1.60. The molecule has 1 aromatic heterocycles. The van der Waals surface area contributed by atoms with Gasteiger partial charge in [0.05, 0.1) is 22.9 Å². The minimum absolute atomic E-state index is 0.0320. The van der Waals surface area contributed by atoms with E-state index in [1.165, 1.54) is 11.3 Å². The highest BCUT2D eigenvalue weighted by Gasteiger charge is 2.27. The molecule has 2 heterocycles. The number of fused-ring (bicyclic) bond motifs is 2. The number of carbonyl (C=O) groups excluding carboxylic acids is 1. The molecular formula is C23H19BrN2O2S. The molecule has 0 spiro atoms. The zero-order valence-corrected chi connectivity index (χ0v) is 18.1. The highest BCUT2D eigenvalue weighted by atomic mass is 79.9. The minimum atomic E-state index is -0.0320. The lowest BCUT2D eigenvalue weighted by atomic mass is 10.0. The molecule has 0 bridgehead atoms. The van der Waals surface area contributed by atoms with Crippen LogP contribution in [0.4, 0.5) is 5.13 Å². The van der Waals surface area contributed by atoms with Gasteiger partial charge < -0.3 is 4.74 Å². The highest BCUT2D eigenvalue weighted by Crippen LogP contribution is 2.33. The van der Waals surface area contributed by atoms with Gasteiger partial charge in [0.2, 0.25) is 0 Å². The number of anilines is 1. The summed E-state index contributed by atoms with van der Waals surface area (Å²) in [5, 5.41) is 2.73. The van der Waals surface area contributed by atoms with Crippen molar-refractivity contribution in [3.63, 3.8) is 0 Å². The summed E-state index contributed by atoms with van der Waals surface area (Å²) in [7, 11) is 0. The number of amides is 1. The molecule has 1 saturated heterocycles. The Hall–Kier alpha value is -2.28. The topological polar surface area (TPSA) is 42.4 Å². The first-order valence-electron chi connectivity index (χ1n) is 9.66. The lowest BCUT2D eigenvalue weighted by Crippen LogP contribution is -2.37. The molecule has 1 fully saturated rings. The first kappa shape index (κ1) is 18.7. The predicted molar refractivity (Wildman–Crippen MR) is 122 cm³/mol. The van der Waals surface area contributed by atoms with Crippen LogP contribution in [-0.2, 0) is 4.74 Å². The van der Waals surface area contributed by atoms with Crippen LogP contribution in [0.5, 0.6) is 0 Å². The number of carbonyl (C=O) groups is 1. The fraction of sp³-hybridized carbons (Fsp3) is 0.217. The van der Waals surface area contributed by atoms with Crippen LogP contribution < -0.4 is 4.90 Å². The lowest BCUT2D eigenvalue weighted by molar-refractivity contribution is 0.0919. The van der Waals surface area contributed by atoms with E-state index < -0.39 is 0 Å². The van der Waals surface area contributed by atoms with Gasteiger partial charge in [-0.25, -0.2) is 4.98 Å². The van der Waals surface area contributed by atoms with Crippen molar-refractivity contribution >= 4 is 59.3 Å². The number of thiazole rings is 1. The van der Waals surface area contributed by atoms with E-state index >= 15 is 0 Å². The van der Waals surface area contributed by atoms with E-state index in [2.05, 4.69) is 15.9 Å². The summed E-state index contributed by atoms with van der Waals surface area (Å²) in [5.74, 6) is -0.0320. The van der Waals surface area contributed by atoms with Crippen molar-refractivity contribution in [3.05, 3.63) is 70.7 Å². The summed E-state index contributed by atoms with van der Waals surface area (Å²) < 4.78 is 7.91. The van der Waals surface area contributed by atoms with Gasteiger partial charge in [-0.05, 0) is 47.9 Å². The fourth-order valence-corrected chi connectivity index (χ4v) is 5.32. The molecule has 6 heteroatoms. The van der Waals surface area contributed by atoms with Gasteiger partial charge >= 0.3 is 0 Å². The normalized spacial score (nSPS) is 16.5. The molecule has 0 N–H and O–H groups in total. The summed E-state index contributed by atoms with van der Waals surface area (Å²) >= 11 is 5.06. The summed E-state index contributed by atoms with van der Waals surface area (Å²) in [6.07, 6.45) is 2.05. The third-order valence-electron chi connectivity index (χ3n) is 5.25. The molecule has 1 aliphatic heterocycles. The Morgan fingerprint density at radius 3 is 2.90 bits per heavy atom. The van der Waals surface area contributed by atoms with Crippen molar-refractivity contribution in [2.24, 2.45) is 0 Å².